The molecule has 0 unspecified atom stereocenters. The minimum absolute atomic E-state index is 0. The van der Waals surface area contributed by atoms with Crippen LogP contribution in [-0.4, -0.2) is 11.9 Å². The normalized spacial score (nSPS) is 6.96. The molecule has 1 aromatic heterocycles. The predicted octanol–water partition coefficient (Wildman–Crippen LogP) is 6.37. The van der Waals surface area contributed by atoms with Gasteiger partial charge in [0.1, 0.15) is 0 Å². The zero-order valence-corrected chi connectivity index (χ0v) is 22.7. The van der Waals surface area contributed by atoms with Crippen LogP contribution in [-0.2, 0) is 23.3 Å². The van der Waals surface area contributed by atoms with Gasteiger partial charge in [0, 0.05) is 0 Å². The fourth-order valence-corrected chi connectivity index (χ4v) is 0.581. The molecule has 1 aliphatic carbocycles. The van der Waals surface area contributed by atoms with Crippen LogP contribution < -0.4 is 0 Å². The van der Waals surface area contributed by atoms with Crippen LogP contribution in [0.25, 0.3) is 0 Å². The molecule has 0 saturated carbocycles. The Morgan fingerprint density at radius 1 is 0.958 bits per heavy atom. The Kier molecular flexibility index (Phi) is 175. The average Bonchev–Trinajstić information content (AvgIpc) is 2.99. The van der Waals surface area contributed by atoms with Crippen LogP contribution in [0, 0.1) is 62.8 Å². The van der Waals surface area contributed by atoms with Gasteiger partial charge in [-0.3, -0.25) is 6.08 Å². The van der Waals surface area contributed by atoms with Crippen molar-refractivity contribution in [3.05, 3.63) is 99.3 Å². The van der Waals surface area contributed by atoms with Gasteiger partial charge in [0.15, 0.2) is 0 Å². The predicted molar refractivity (Wildman–Crippen MR) is 123 cm³/mol. The van der Waals surface area contributed by atoms with Gasteiger partial charge in [-0.1, -0.05) is 0 Å². The quantitative estimate of drug-likeness (QED) is 0.334. The molecule has 0 aliphatic heterocycles. The topological polar surface area (TPSA) is 15.8 Å². The van der Waals surface area contributed by atoms with Crippen LogP contribution in [0.15, 0.2) is 36.6 Å². The summed E-state index contributed by atoms with van der Waals surface area (Å²) < 4.78 is 0. The van der Waals surface area contributed by atoms with Crippen LogP contribution in [0.2, 0.25) is 0 Å². The van der Waals surface area contributed by atoms with E-state index in [-0.39, 0.29) is 69.4 Å². The minimum Gasteiger partial charge on any atom is -0.484 e. The number of hydrogen-bond donors (Lipinski definition) is 1. The van der Waals surface area contributed by atoms with Gasteiger partial charge in [0.05, 0.1) is 0 Å². The molecule has 1 aliphatic rings. The summed E-state index contributed by atoms with van der Waals surface area (Å²) in [6.45, 7) is 8.20. The number of allylic oxidation sites excluding steroid dienone is 4. The number of aromatic amines is 1. The summed E-state index contributed by atoms with van der Waals surface area (Å²) in [6, 6.07) is 3.71. The Bertz CT molecular complexity index is 234. The van der Waals surface area contributed by atoms with Crippen molar-refractivity contribution in [3.63, 3.8) is 0 Å². The molecule has 1 nitrogen and oxygen atoms in total. The van der Waals surface area contributed by atoms with Crippen molar-refractivity contribution in [3.8, 4) is 0 Å². The molecule has 0 radical (unpaired) electrons. The van der Waals surface area contributed by atoms with Gasteiger partial charge in [0.2, 0.25) is 0 Å². The van der Waals surface area contributed by atoms with E-state index in [0.717, 1.165) is 6.42 Å². The van der Waals surface area contributed by atoms with E-state index in [4.69, 9.17) is 0 Å². The van der Waals surface area contributed by atoms with Gasteiger partial charge in [-0.05, 0) is 0 Å². The number of hydrogen-bond acceptors (Lipinski definition) is 0. The summed E-state index contributed by atoms with van der Waals surface area (Å²) in [5, 5.41) is 0. The summed E-state index contributed by atoms with van der Waals surface area (Å²) >= 11 is 1.58. The molecule has 0 spiro atoms. The number of nitrogens with one attached hydrogen (secondary N) is 1. The molecule has 0 aromatic carbocycles. The molecule has 1 aromatic rings. The fourth-order valence-electron chi connectivity index (χ4n) is 0.581. The summed E-state index contributed by atoms with van der Waals surface area (Å²) in [5.41, 5.74) is 0. The fraction of sp³-hybridized carbons (Fsp3) is 0.211. The summed E-state index contributed by atoms with van der Waals surface area (Å²) in [7, 11) is 0. The van der Waals surface area contributed by atoms with Gasteiger partial charge >= 0.3 is 30.2 Å². The largest absolute Gasteiger partial charge is 0.484 e. The maximum atomic E-state index is 2.99. The van der Waals surface area contributed by atoms with Gasteiger partial charge in [-0.25, -0.2) is 12.2 Å². The molecule has 0 bridgehead atoms. The van der Waals surface area contributed by atoms with E-state index in [2.05, 4.69) is 44.1 Å². The van der Waals surface area contributed by atoms with Crippen molar-refractivity contribution in [2.75, 3.05) is 0 Å². The van der Waals surface area contributed by atoms with Crippen molar-refractivity contribution >= 4 is 31.7 Å². The Morgan fingerprint density at radius 2 is 1.38 bits per heavy atom. The van der Waals surface area contributed by atoms with Crippen LogP contribution in [0.5, 0.6) is 0 Å². The van der Waals surface area contributed by atoms with Gasteiger partial charge in [-0.2, -0.15) is 45.2 Å². The van der Waals surface area contributed by atoms with Gasteiger partial charge in [-0.15, -0.1) is 37.4 Å². The summed E-state index contributed by atoms with van der Waals surface area (Å²) in [5.74, 6) is 1.42. The maximum Gasteiger partial charge on any atom is -0.108 e. The average molecular weight is 473 g/mol. The number of rotatable bonds is 0. The van der Waals surface area contributed by atoms with Crippen molar-refractivity contribution in [2.45, 2.75) is 27.2 Å². The van der Waals surface area contributed by atoms with E-state index in [0.29, 0.717) is 0 Å². The first-order chi connectivity index (χ1) is 7.73. The maximum absolute atomic E-state index is 2.99. The van der Waals surface area contributed by atoms with Gasteiger partial charge < -0.3 is 55.5 Å². The van der Waals surface area contributed by atoms with Crippen molar-refractivity contribution in [2.24, 2.45) is 0 Å². The second kappa shape index (κ2) is 65.3. The molecule has 1 N–H and O–H groups in total. The van der Waals surface area contributed by atoms with Crippen molar-refractivity contribution in [1.82, 2.24) is 4.98 Å². The van der Waals surface area contributed by atoms with Gasteiger partial charge in [0.25, 0.3) is 0 Å². The van der Waals surface area contributed by atoms with Crippen LogP contribution in [0.1, 0.15) is 27.2 Å². The van der Waals surface area contributed by atoms with Crippen LogP contribution in [0.4, 0.5) is 0 Å². The molecule has 152 valence electrons. The standard InChI is InChI=1S/C5H5.C4H4N.C4H9.6CH3.2ClH.H2Si.Zr/c2*1-2-4-5-3-1;1-4(2)3;;;;;;;;;;/h1-3H,4H2;1-3,5H;1-3H3;6*1H3;2*1H;1H2;/q9*-1;;;;. The molecule has 24 heavy (non-hydrogen) atoms. The van der Waals surface area contributed by atoms with E-state index in [9.17, 15) is 0 Å². The molecule has 2 rings (SSSR count). The molecule has 1 heterocycles. The van der Waals surface area contributed by atoms with Crippen molar-refractivity contribution < 1.29 is 23.3 Å². The Hall–Kier alpha value is 0.440. The smallest absolute Gasteiger partial charge is 0.108 e. The SMILES string of the molecule is C[C-](C)C.Cl.Cl.[C-]1=CC=CC1.[CH3-].[CH3-].[CH3-].[CH3-].[CH3-].[CH3-].[SiH2]=[Zr].[c-]1ccc[nH]1. The molecule has 0 fully saturated rings. The molecule has 0 atom stereocenters. The zero-order valence-electron chi connectivity index (χ0n) is 17.2. The first-order valence-corrected chi connectivity index (χ1v) is 11.0. The van der Waals surface area contributed by atoms with Crippen molar-refractivity contribution in [1.29, 1.82) is 0 Å². The molecule has 0 saturated heterocycles. The van der Waals surface area contributed by atoms with E-state index in [1.165, 1.54) is 5.92 Å². The van der Waals surface area contributed by atoms with E-state index < -0.39 is 0 Å². The molecular weight excluding hydrogens is 432 g/mol. The Balaban J connectivity index is -0.0000000126. The molecule has 0 amide bonds. The summed E-state index contributed by atoms with van der Waals surface area (Å²) in [4.78, 5) is 2.74. The first-order valence-electron chi connectivity index (χ1n) is 5.06. The van der Waals surface area contributed by atoms with E-state index >= 15 is 0 Å². The zero-order chi connectivity index (χ0) is 12.6. The number of halogens is 2. The van der Waals surface area contributed by atoms with E-state index in [1.54, 1.807) is 23.3 Å². The third kappa shape index (κ3) is 94.6. The Morgan fingerprint density at radius 3 is 1.46 bits per heavy atom. The molecular formula is C19H40Cl2NSiZr-9. The van der Waals surface area contributed by atoms with Crippen LogP contribution in [0.3, 0.4) is 0 Å². The summed E-state index contributed by atoms with van der Waals surface area (Å²) in [6.07, 6.45) is 14.6. The van der Waals surface area contributed by atoms with Crippen LogP contribution >= 0.6 is 24.8 Å². The third-order valence-corrected chi connectivity index (χ3v) is 1.03. The number of H-pyrrole nitrogens is 1. The minimum atomic E-state index is 0. The number of aromatic nitrogens is 1. The first kappa shape index (κ1) is 64.4. The second-order valence-corrected chi connectivity index (χ2v) is 3.32. The Labute approximate surface area is 185 Å². The molecule has 5 heteroatoms. The second-order valence-electron chi connectivity index (χ2n) is 3.32. The third-order valence-electron chi connectivity index (χ3n) is 1.03. The van der Waals surface area contributed by atoms with E-state index in [1.807, 2.05) is 37.4 Å². The monoisotopic (exact) mass is 470 g/mol.